The molecule has 1 aromatic heterocycles. The van der Waals surface area contributed by atoms with E-state index in [1.807, 2.05) is 42.5 Å². The molecule has 0 bridgehead atoms. The average Bonchev–Trinajstić information content (AvgIpc) is 3.47. The maximum atomic E-state index is 12.3. The fraction of sp³-hybridized carbons (Fsp3) is 0.103. The number of esters is 1. The van der Waals surface area contributed by atoms with Crippen molar-refractivity contribution in [3.05, 3.63) is 119 Å². The molecule has 1 atom stereocenters. The predicted molar refractivity (Wildman–Crippen MR) is 133 cm³/mol. The second-order valence-corrected chi connectivity index (χ2v) is 8.18. The van der Waals surface area contributed by atoms with E-state index in [0.29, 0.717) is 29.4 Å². The van der Waals surface area contributed by atoms with Crippen molar-refractivity contribution in [3.8, 4) is 29.1 Å². The predicted octanol–water partition coefficient (Wildman–Crippen LogP) is 5.30. The van der Waals surface area contributed by atoms with E-state index < -0.39 is 11.9 Å². The summed E-state index contributed by atoms with van der Waals surface area (Å²) in [5.74, 6) is 0.570. The summed E-state index contributed by atoms with van der Waals surface area (Å²) >= 11 is 0. The van der Waals surface area contributed by atoms with Gasteiger partial charge in [0.1, 0.15) is 29.7 Å². The van der Waals surface area contributed by atoms with Crippen LogP contribution in [0, 0.1) is 11.3 Å². The van der Waals surface area contributed by atoms with Gasteiger partial charge < -0.3 is 29.1 Å². The molecule has 0 fully saturated rings. The molecule has 8 heteroatoms. The minimum Gasteiger partial charge on any atom is -0.493 e. The molecule has 0 aliphatic carbocycles. The average molecular weight is 495 g/mol. The van der Waals surface area contributed by atoms with Gasteiger partial charge in [0.25, 0.3) is 0 Å². The van der Waals surface area contributed by atoms with Gasteiger partial charge in [0.2, 0.25) is 11.6 Å². The Hall–Kier alpha value is -5.16. The van der Waals surface area contributed by atoms with E-state index >= 15 is 0 Å². The van der Waals surface area contributed by atoms with E-state index in [1.165, 1.54) is 12.3 Å². The topological polar surface area (TPSA) is 117 Å². The minimum atomic E-state index is -0.644. The number of allylic oxidation sites excluding steroid dienone is 1. The van der Waals surface area contributed by atoms with Crippen LogP contribution in [0.15, 0.2) is 101 Å². The summed E-state index contributed by atoms with van der Waals surface area (Å²) in [5, 5.41) is 9.89. The summed E-state index contributed by atoms with van der Waals surface area (Å²) in [6, 6.07) is 25.5. The molecule has 5 rings (SSSR count). The normalized spacial score (nSPS) is 14.2. The first-order valence-electron chi connectivity index (χ1n) is 11.4. The van der Waals surface area contributed by atoms with E-state index in [4.69, 9.17) is 29.1 Å². The summed E-state index contributed by atoms with van der Waals surface area (Å²) in [6.07, 6.45) is 1.39. The van der Waals surface area contributed by atoms with Crippen LogP contribution in [0.5, 0.6) is 23.0 Å². The molecule has 1 aliphatic rings. The number of carbonyl (C=O) groups excluding carboxylic acids is 1. The zero-order valence-electron chi connectivity index (χ0n) is 19.8. The summed E-state index contributed by atoms with van der Waals surface area (Å²) < 4.78 is 27.8. The first-order chi connectivity index (χ1) is 18.1. The minimum absolute atomic E-state index is 0.0297. The Balaban J connectivity index is 1.45. The SMILES string of the molecule is COc1cc(C2C(C#N)=C(N)Oc3cc(OC(=O)c4ccco4)ccc32)ccc1OCc1ccccc1. The first-order valence-corrected chi connectivity index (χ1v) is 11.4. The lowest BCUT2D eigenvalue weighted by Gasteiger charge is -2.27. The second-order valence-electron chi connectivity index (χ2n) is 8.18. The molecule has 0 amide bonds. The third-order valence-electron chi connectivity index (χ3n) is 5.88. The van der Waals surface area contributed by atoms with Crippen LogP contribution in [0.4, 0.5) is 0 Å². The number of furan rings is 1. The lowest BCUT2D eigenvalue weighted by molar-refractivity contribution is 0.0701. The number of fused-ring (bicyclic) bond motifs is 1. The summed E-state index contributed by atoms with van der Waals surface area (Å²) in [5.41, 5.74) is 8.85. The molecule has 4 aromatic rings. The van der Waals surface area contributed by atoms with Crippen LogP contribution >= 0.6 is 0 Å². The fourth-order valence-electron chi connectivity index (χ4n) is 4.11. The maximum Gasteiger partial charge on any atom is 0.379 e. The van der Waals surface area contributed by atoms with Crippen molar-refractivity contribution in [3.63, 3.8) is 0 Å². The van der Waals surface area contributed by atoms with Crippen LogP contribution in [0.1, 0.15) is 33.2 Å². The molecule has 2 heterocycles. The highest BCUT2D eigenvalue weighted by molar-refractivity contribution is 5.88. The van der Waals surface area contributed by atoms with E-state index in [-0.39, 0.29) is 23.0 Å². The van der Waals surface area contributed by atoms with Gasteiger partial charge in [-0.15, -0.1) is 0 Å². The highest BCUT2D eigenvalue weighted by atomic mass is 16.5. The molecule has 8 nitrogen and oxygen atoms in total. The molecular formula is C29H22N2O6. The highest BCUT2D eigenvalue weighted by Crippen LogP contribution is 2.45. The smallest absolute Gasteiger partial charge is 0.379 e. The quantitative estimate of drug-likeness (QED) is 0.272. The van der Waals surface area contributed by atoms with Crippen LogP contribution in [-0.2, 0) is 6.61 Å². The molecular weight excluding hydrogens is 472 g/mol. The van der Waals surface area contributed by atoms with Gasteiger partial charge in [0.05, 0.1) is 19.3 Å². The Bertz CT molecular complexity index is 1500. The van der Waals surface area contributed by atoms with Crippen molar-refractivity contribution in [1.82, 2.24) is 0 Å². The van der Waals surface area contributed by atoms with Crippen molar-refractivity contribution in [2.75, 3.05) is 7.11 Å². The second kappa shape index (κ2) is 10.2. The Morgan fingerprint density at radius 3 is 2.59 bits per heavy atom. The Labute approximate surface area is 213 Å². The van der Waals surface area contributed by atoms with Gasteiger partial charge in [-0.05, 0) is 41.5 Å². The molecule has 0 saturated heterocycles. The summed E-state index contributed by atoms with van der Waals surface area (Å²) in [7, 11) is 1.56. The molecule has 1 aliphatic heterocycles. The number of rotatable bonds is 7. The van der Waals surface area contributed by atoms with E-state index in [0.717, 1.165) is 11.1 Å². The van der Waals surface area contributed by atoms with Crippen molar-refractivity contribution in [1.29, 1.82) is 5.26 Å². The van der Waals surface area contributed by atoms with Crippen molar-refractivity contribution in [2.24, 2.45) is 5.73 Å². The molecule has 37 heavy (non-hydrogen) atoms. The number of nitrogens with two attached hydrogens (primary N) is 1. The molecule has 0 radical (unpaired) electrons. The zero-order chi connectivity index (χ0) is 25.8. The van der Waals surface area contributed by atoms with E-state index in [1.54, 1.807) is 37.4 Å². The van der Waals surface area contributed by atoms with Crippen molar-refractivity contribution in [2.45, 2.75) is 12.5 Å². The van der Waals surface area contributed by atoms with Gasteiger partial charge in [-0.3, -0.25) is 0 Å². The van der Waals surface area contributed by atoms with Crippen LogP contribution in [-0.4, -0.2) is 13.1 Å². The number of carbonyl (C=O) groups is 1. The lowest BCUT2D eigenvalue weighted by atomic mass is 9.83. The Morgan fingerprint density at radius 2 is 1.86 bits per heavy atom. The Morgan fingerprint density at radius 1 is 1.03 bits per heavy atom. The van der Waals surface area contributed by atoms with Crippen LogP contribution in [0.25, 0.3) is 0 Å². The van der Waals surface area contributed by atoms with Crippen molar-refractivity contribution >= 4 is 5.97 Å². The molecule has 3 aromatic carbocycles. The summed E-state index contributed by atoms with van der Waals surface area (Å²) in [4.78, 5) is 12.3. The number of nitriles is 1. The lowest BCUT2D eigenvalue weighted by Crippen LogP contribution is -2.21. The largest absolute Gasteiger partial charge is 0.493 e. The van der Waals surface area contributed by atoms with Crippen molar-refractivity contribution < 1.29 is 28.2 Å². The van der Waals surface area contributed by atoms with Gasteiger partial charge in [0, 0.05) is 11.6 Å². The number of ether oxygens (including phenoxy) is 4. The Kier molecular flexibility index (Phi) is 6.51. The van der Waals surface area contributed by atoms with Crippen LogP contribution in [0.3, 0.4) is 0 Å². The molecule has 0 spiro atoms. The molecule has 2 N–H and O–H groups in total. The van der Waals surface area contributed by atoms with Crippen LogP contribution < -0.4 is 24.7 Å². The standard InChI is InChI=1S/C29H22N2O6/c1-33-26-14-19(9-12-23(26)35-17-18-6-3-2-4-7-18)27-21-11-10-20(36-29(32)24-8-5-13-34-24)15-25(21)37-28(31)22(27)16-30/h2-15,27H,17,31H2,1H3. The number of hydrogen-bond donors (Lipinski definition) is 1. The third-order valence-corrected chi connectivity index (χ3v) is 5.88. The van der Waals surface area contributed by atoms with Gasteiger partial charge in [-0.25, -0.2) is 4.79 Å². The zero-order valence-corrected chi connectivity index (χ0v) is 19.8. The van der Waals surface area contributed by atoms with Gasteiger partial charge in [-0.1, -0.05) is 42.5 Å². The summed E-state index contributed by atoms with van der Waals surface area (Å²) in [6.45, 7) is 0.381. The number of nitrogens with zero attached hydrogens (tertiary/aromatic N) is 1. The van der Waals surface area contributed by atoms with Gasteiger partial charge in [0.15, 0.2) is 11.5 Å². The fourth-order valence-corrected chi connectivity index (χ4v) is 4.11. The number of hydrogen-bond acceptors (Lipinski definition) is 8. The van der Waals surface area contributed by atoms with Crippen LogP contribution in [0.2, 0.25) is 0 Å². The van der Waals surface area contributed by atoms with E-state index in [9.17, 15) is 10.1 Å². The van der Waals surface area contributed by atoms with Gasteiger partial charge in [-0.2, -0.15) is 5.26 Å². The molecule has 0 saturated carbocycles. The first kappa shape index (κ1) is 23.6. The monoisotopic (exact) mass is 494 g/mol. The van der Waals surface area contributed by atoms with E-state index in [2.05, 4.69) is 6.07 Å². The third kappa shape index (κ3) is 4.83. The molecule has 1 unspecified atom stereocenters. The van der Waals surface area contributed by atoms with Gasteiger partial charge >= 0.3 is 5.97 Å². The molecule has 184 valence electrons. The highest BCUT2D eigenvalue weighted by Gasteiger charge is 2.32. The maximum absolute atomic E-state index is 12.3. The number of methoxy groups -OCH3 is 1. The number of benzene rings is 3.